The van der Waals surface area contributed by atoms with Crippen LogP contribution in [0.2, 0.25) is 0 Å². The van der Waals surface area contributed by atoms with E-state index in [1.807, 2.05) is 47.8 Å². The van der Waals surface area contributed by atoms with Crippen molar-refractivity contribution in [1.82, 2.24) is 19.0 Å². The average molecular weight is 338 g/mol. The lowest BCUT2D eigenvalue weighted by Crippen LogP contribution is -2.38. The van der Waals surface area contributed by atoms with Gasteiger partial charge in [0, 0.05) is 49.9 Å². The second-order valence-electron chi connectivity index (χ2n) is 6.56. The Balaban J connectivity index is 1.70. The van der Waals surface area contributed by atoms with Crippen molar-refractivity contribution in [3.8, 4) is 0 Å². The van der Waals surface area contributed by atoms with E-state index in [0.717, 1.165) is 40.1 Å². The topological polar surface area (TPSA) is 52.3 Å². The predicted molar refractivity (Wildman–Crippen MR) is 95.3 cm³/mol. The van der Waals surface area contributed by atoms with Crippen LogP contribution in [0.3, 0.4) is 0 Å². The van der Waals surface area contributed by atoms with Crippen molar-refractivity contribution in [2.45, 2.75) is 26.6 Å². The highest BCUT2D eigenvalue weighted by Gasteiger charge is 2.30. The van der Waals surface area contributed by atoms with Gasteiger partial charge >= 0.3 is 0 Å². The first kappa shape index (κ1) is 15.9. The van der Waals surface area contributed by atoms with E-state index in [0.29, 0.717) is 19.8 Å². The minimum Gasteiger partial charge on any atom is -0.364 e. The number of hydrogen-bond donors (Lipinski definition) is 0. The molecule has 6 nitrogen and oxygen atoms in total. The van der Waals surface area contributed by atoms with Crippen LogP contribution in [0.5, 0.6) is 0 Å². The fraction of sp³-hybridized carbons (Fsp3) is 0.368. The zero-order valence-electron chi connectivity index (χ0n) is 14.8. The first-order valence-corrected chi connectivity index (χ1v) is 8.47. The quantitative estimate of drug-likeness (QED) is 0.734. The van der Waals surface area contributed by atoms with Gasteiger partial charge in [-0.25, -0.2) is 4.98 Å². The van der Waals surface area contributed by atoms with E-state index in [1.54, 1.807) is 7.11 Å². The lowest BCUT2D eigenvalue weighted by atomic mass is 10.0. The summed E-state index contributed by atoms with van der Waals surface area (Å²) in [6.07, 6.45) is 2.81. The molecule has 3 aromatic rings. The van der Waals surface area contributed by atoms with Crippen molar-refractivity contribution >= 4 is 16.8 Å². The minimum atomic E-state index is 0.0858. The van der Waals surface area contributed by atoms with Crippen LogP contribution in [0.4, 0.5) is 0 Å². The Morgan fingerprint density at radius 1 is 1.28 bits per heavy atom. The second kappa shape index (κ2) is 6.04. The van der Waals surface area contributed by atoms with E-state index in [9.17, 15) is 4.79 Å². The van der Waals surface area contributed by atoms with Crippen molar-refractivity contribution in [2.24, 2.45) is 7.05 Å². The van der Waals surface area contributed by atoms with E-state index in [4.69, 9.17) is 4.74 Å². The SMILES string of the molecule is COCn1cc(C)nc1CN1CCc2c(c3ccccc3n2C)C1=O. The molecule has 2 aromatic heterocycles. The number of carbonyl (C=O) groups excluding carboxylic acids is 1. The number of ether oxygens (including phenoxy) is 1. The molecular weight excluding hydrogens is 316 g/mol. The average Bonchev–Trinajstić information content (AvgIpc) is 3.09. The summed E-state index contributed by atoms with van der Waals surface area (Å²) < 4.78 is 9.34. The molecule has 0 saturated carbocycles. The van der Waals surface area contributed by atoms with Gasteiger partial charge in [-0.15, -0.1) is 0 Å². The molecular formula is C19H22N4O2. The third-order valence-electron chi connectivity index (χ3n) is 4.93. The normalized spacial score (nSPS) is 14.4. The number of nitrogens with zero attached hydrogens (tertiary/aromatic N) is 4. The minimum absolute atomic E-state index is 0.0858. The Labute approximate surface area is 146 Å². The summed E-state index contributed by atoms with van der Waals surface area (Å²) in [5, 5.41) is 1.03. The van der Waals surface area contributed by atoms with Gasteiger partial charge in [0.2, 0.25) is 0 Å². The Kier molecular flexibility index (Phi) is 3.84. The Hall–Kier alpha value is -2.60. The van der Waals surface area contributed by atoms with Gasteiger partial charge in [-0.3, -0.25) is 4.79 Å². The smallest absolute Gasteiger partial charge is 0.256 e. The number of methoxy groups -OCH3 is 1. The number of fused-ring (bicyclic) bond motifs is 3. The second-order valence-corrected chi connectivity index (χ2v) is 6.56. The van der Waals surface area contributed by atoms with Crippen LogP contribution in [-0.2, 0) is 31.5 Å². The number of hydrogen-bond acceptors (Lipinski definition) is 3. The molecule has 0 atom stereocenters. The van der Waals surface area contributed by atoms with Crippen LogP contribution in [0.1, 0.15) is 27.6 Å². The molecule has 0 aliphatic carbocycles. The molecule has 130 valence electrons. The van der Waals surface area contributed by atoms with Crippen LogP contribution in [0.25, 0.3) is 10.9 Å². The van der Waals surface area contributed by atoms with Crippen LogP contribution >= 0.6 is 0 Å². The number of para-hydroxylation sites is 1. The highest BCUT2D eigenvalue weighted by Crippen LogP contribution is 2.30. The van der Waals surface area contributed by atoms with Gasteiger partial charge in [-0.1, -0.05) is 18.2 Å². The standard InChI is InChI=1S/C19H22N4O2/c1-13-10-23(12-25-3)17(20-13)11-22-9-8-16-18(19(22)24)14-6-4-5-7-15(14)21(16)2/h4-7,10H,8-9,11-12H2,1-3H3. The maximum absolute atomic E-state index is 13.2. The highest BCUT2D eigenvalue weighted by molar-refractivity contribution is 6.09. The van der Waals surface area contributed by atoms with E-state index in [1.165, 1.54) is 0 Å². The molecule has 1 amide bonds. The van der Waals surface area contributed by atoms with Crippen LogP contribution in [0.15, 0.2) is 30.5 Å². The molecule has 1 aromatic carbocycles. The van der Waals surface area contributed by atoms with Crippen LogP contribution < -0.4 is 0 Å². The number of benzene rings is 1. The Bertz CT molecular complexity index is 954. The molecule has 0 unspecified atom stereocenters. The molecule has 0 saturated heterocycles. The summed E-state index contributed by atoms with van der Waals surface area (Å²) in [4.78, 5) is 19.6. The van der Waals surface area contributed by atoms with Gasteiger partial charge in [0.15, 0.2) is 0 Å². The molecule has 25 heavy (non-hydrogen) atoms. The number of imidazole rings is 1. The monoisotopic (exact) mass is 338 g/mol. The Morgan fingerprint density at radius 3 is 2.88 bits per heavy atom. The fourth-order valence-electron chi connectivity index (χ4n) is 3.77. The van der Waals surface area contributed by atoms with Gasteiger partial charge in [-0.05, 0) is 13.0 Å². The van der Waals surface area contributed by atoms with Crippen molar-refractivity contribution < 1.29 is 9.53 Å². The van der Waals surface area contributed by atoms with Crippen molar-refractivity contribution in [2.75, 3.05) is 13.7 Å². The first-order chi connectivity index (χ1) is 12.1. The van der Waals surface area contributed by atoms with Crippen molar-refractivity contribution in [1.29, 1.82) is 0 Å². The zero-order chi connectivity index (χ0) is 17.6. The zero-order valence-corrected chi connectivity index (χ0v) is 14.8. The van der Waals surface area contributed by atoms with E-state index >= 15 is 0 Å². The van der Waals surface area contributed by atoms with Crippen molar-refractivity contribution in [3.63, 3.8) is 0 Å². The summed E-state index contributed by atoms with van der Waals surface area (Å²) in [6, 6.07) is 8.11. The molecule has 6 heteroatoms. The molecule has 1 aliphatic rings. The third kappa shape index (κ3) is 2.53. The summed E-state index contributed by atoms with van der Waals surface area (Å²) in [5.41, 5.74) is 4.01. The number of aromatic nitrogens is 3. The number of amides is 1. The summed E-state index contributed by atoms with van der Waals surface area (Å²) >= 11 is 0. The molecule has 3 heterocycles. The predicted octanol–water partition coefficient (Wildman–Crippen LogP) is 2.49. The van der Waals surface area contributed by atoms with Crippen LogP contribution in [0, 0.1) is 6.92 Å². The fourth-order valence-corrected chi connectivity index (χ4v) is 3.77. The number of rotatable bonds is 4. The first-order valence-electron chi connectivity index (χ1n) is 8.47. The molecule has 0 bridgehead atoms. The van der Waals surface area contributed by atoms with Crippen molar-refractivity contribution in [3.05, 3.63) is 53.2 Å². The van der Waals surface area contributed by atoms with Gasteiger partial charge in [-0.2, -0.15) is 0 Å². The van der Waals surface area contributed by atoms with Gasteiger partial charge in [0.25, 0.3) is 5.91 Å². The van der Waals surface area contributed by atoms with Gasteiger partial charge in [0.1, 0.15) is 12.6 Å². The molecule has 0 N–H and O–H groups in total. The molecule has 0 fully saturated rings. The van der Waals surface area contributed by atoms with Gasteiger partial charge in [0.05, 0.1) is 17.8 Å². The molecule has 0 radical (unpaired) electrons. The lowest BCUT2D eigenvalue weighted by Gasteiger charge is -2.27. The van der Waals surface area contributed by atoms with E-state index in [-0.39, 0.29) is 5.91 Å². The Morgan fingerprint density at radius 2 is 2.08 bits per heavy atom. The van der Waals surface area contributed by atoms with Crippen LogP contribution in [-0.4, -0.2) is 38.6 Å². The molecule has 0 spiro atoms. The molecule has 4 rings (SSSR count). The lowest BCUT2D eigenvalue weighted by molar-refractivity contribution is 0.0710. The van der Waals surface area contributed by atoms with Gasteiger partial charge < -0.3 is 18.8 Å². The maximum atomic E-state index is 13.2. The molecule has 1 aliphatic heterocycles. The maximum Gasteiger partial charge on any atom is 0.256 e. The number of aryl methyl sites for hydroxylation is 2. The third-order valence-corrected chi connectivity index (χ3v) is 4.93. The highest BCUT2D eigenvalue weighted by atomic mass is 16.5. The summed E-state index contributed by atoms with van der Waals surface area (Å²) in [6.45, 7) is 3.60. The summed E-state index contributed by atoms with van der Waals surface area (Å²) in [5.74, 6) is 0.944. The summed E-state index contributed by atoms with van der Waals surface area (Å²) in [7, 11) is 3.70. The van der Waals surface area contributed by atoms with E-state index < -0.39 is 0 Å². The van der Waals surface area contributed by atoms with E-state index in [2.05, 4.69) is 15.6 Å². The number of carbonyl (C=O) groups is 1. The largest absolute Gasteiger partial charge is 0.364 e.